The Labute approximate surface area is 265 Å². The van der Waals surface area contributed by atoms with E-state index in [1.165, 1.54) is 0 Å². The fourth-order valence-corrected chi connectivity index (χ4v) is 6.75. The molecule has 2 heterocycles. The lowest BCUT2D eigenvalue weighted by Gasteiger charge is -2.16. The third-order valence-corrected chi connectivity index (χ3v) is 8.90. The highest BCUT2D eigenvalue weighted by molar-refractivity contribution is 6.14. The molecular weight excluding hydrogens is 562 g/mol. The van der Waals surface area contributed by atoms with Gasteiger partial charge in [-0.2, -0.15) is 5.26 Å². The standard InChI is InChI=1S/C43H25NO2/c44-26-27-21-31(28-9-2-1-3-10-28)23-32(22-27)37-24-29(30-18-20-41-38(25-30)34-11-4-6-14-39(34)45-41)17-19-33(37)35-13-8-16-42-43(35)36-12-5-7-15-40(36)46-42/h1-25H. The molecule has 7 aromatic carbocycles. The van der Waals surface area contributed by atoms with Crippen molar-refractivity contribution in [3.05, 3.63) is 157 Å². The van der Waals surface area contributed by atoms with E-state index in [1.807, 2.05) is 66.7 Å². The van der Waals surface area contributed by atoms with Crippen molar-refractivity contribution in [1.29, 1.82) is 5.26 Å². The van der Waals surface area contributed by atoms with E-state index >= 15 is 0 Å². The summed E-state index contributed by atoms with van der Waals surface area (Å²) >= 11 is 0. The number of nitrogens with zero attached hydrogens (tertiary/aromatic N) is 1. The van der Waals surface area contributed by atoms with Gasteiger partial charge in [-0.15, -0.1) is 0 Å². The molecular formula is C43H25NO2. The molecule has 0 saturated carbocycles. The van der Waals surface area contributed by atoms with Gasteiger partial charge in [0.2, 0.25) is 0 Å². The summed E-state index contributed by atoms with van der Waals surface area (Å²) in [5.74, 6) is 0. The minimum atomic E-state index is 0.617. The fourth-order valence-electron chi connectivity index (χ4n) is 6.75. The van der Waals surface area contributed by atoms with E-state index in [2.05, 4.69) is 91.0 Å². The second-order valence-corrected chi connectivity index (χ2v) is 11.6. The molecule has 0 spiro atoms. The van der Waals surface area contributed by atoms with Crippen molar-refractivity contribution in [3.8, 4) is 50.6 Å². The quantitative estimate of drug-likeness (QED) is 0.206. The minimum Gasteiger partial charge on any atom is -0.456 e. The Bertz CT molecular complexity index is 2650. The van der Waals surface area contributed by atoms with Crippen LogP contribution in [0.25, 0.3) is 88.4 Å². The molecule has 9 aromatic rings. The van der Waals surface area contributed by atoms with Gasteiger partial charge in [0.1, 0.15) is 22.3 Å². The van der Waals surface area contributed by atoms with Gasteiger partial charge in [-0.3, -0.25) is 0 Å². The average Bonchev–Trinajstić information content (AvgIpc) is 3.70. The van der Waals surface area contributed by atoms with Crippen LogP contribution >= 0.6 is 0 Å². The van der Waals surface area contributed by atoms with Crippen molar-refractivity contribution < 1.29 is 8.83 Å². The van der Waals surface area contributed by atoms with Gasteiger partial charge in [-0.1, -0.05) is 97.1 Å². The van der Waals surface area contributed by atoms with E-state index < -0.39 is 0 Å². The Kier molecular flexibility index (Phi) is 5.88. The molecule has 0 fully saturated rings. The molecule has 3 nitrogen and oxygen atoms in total. The van der Waals surface area contributed by atoms with Gasteiger partial charge >= 0.3 is 0 Å². The third-order valence-electron chi connectivity index (χ3n) is 8.90. The number of benzene rings is 7. The first kappa shape index (κ1) is 26.1. The topological polar surface area (TPSA) is 50.1 Å². The Hall–Kier alpha value is -6.37. The molecule has 0 aliphatic heterocycles. The Morgan fingerprint density at radius 3 is 1.87 bits per heavy atom. The summed E-state index contributed by atoms with van der Waals surface area (Å²) in [4.78, 5) is 0. The van der Waals surface area contributed by atoms with Crippen molar-refractivity contribution in [2.24, 2.45) is 0 Å². The van der Waals surface area contributed by atoms with Crippen LogP contribution in [0.3, 0.4) is 0 Å². The summed E-state index contributed by atoms with van der Waals surface area (Å²) < 4.78 is 12.4. The van der Waals surface area contributed by atoms with Gasteiger partial charge in [0.05, 0.1) is 11.6 Å². The van der Waals surface area contributed by atoms with Crippen LogP contribution in [0.1, 0.15) is 5.56 Å². The summed E-state index contributed by atoms with van der Waals surface area (Å²) in [6.07, 6.45) is 0. The van der Waals surface area contributed by atoms with Gasteiger partial charge in [-0.25, -0.2) is 0 Å². The zero-order valence-corrected chi connectivity index (χ0v) is 24.7. The van der Waals surface area contributed by atoms with E-state index in [4.69, 9.17) is 8.83 Å². The van der Waals surface area contributed by atoms with E-state index in [9.17, 15) is 5.26 Å². The smallest absolute Gasteiger partial charge is 0.136 e. The summed E-state index contributed by atoms with van der Waals surface area (Å²) in [5, 5.41) is 14.5. The highest BCUT2D eigenvalue weighted by Crippen LogP contribution is 2.43. The number of hydrogen-bond donors (Lipinski definition) is 0. The second-order valence-electron chi connectivity index (χ2n) is 11.6. The van der Waals surface area contributed by atoms with Crippen LogP contribution in [0, 0.1) is 11.3 Å². The van der Waals surface area contributed by atoms with Gasteiger partial charge in [-0.05, 0) is 99.1 Å². The van der Waals surface area contributed by atoms with Gasteiger partial charge in [0.25, 0.3) is 0 Å². The number of rotatable bonds is 4. The predicted molar refractivity (Wildman–Crippen MR) is 187 cm³/mol. The third kappa shape index (κ3) is 4.20. The van der Waals surface area contributed by atoms with E-state index in [0.717, 1.165) is 88.4 Å². The first-order valence-electron chi connectivity index (χ1n) is 15.3. The number of nitriles is 1. The van der Waals surface area contributed by atoms with Crippen molar-refractivity contribution in [2.75, 3.05) is 0 Å². The lowest BCUT2D eigenvalue weighted by atomic mass is 9.87. The largest absolute Gasteiger partial charge is 0.456 e. The molecule has 214 valence electrons. The van der Waals surface area contributed by atoms with Crippen molar-refractivity contribution >= 4 is 43.9 Å². The average molecular weight is 588 g/mol. The van der Waals surface area contributed by atoms with Gasteiger partial charge < -0.3 is 8.83 Å². The molecule has 0 bridgehead atoms. The maximum Gasteiger partial charge on any atom is 0.136 e. The molecule has 0 N–H and O–H groups in total. The van der Waals surface area contributed by atoms with E-state index in [1.54, 1.807) is 0 Å². The molecule has 0 saturated heterocycles. The Morgan fingerprint density at radius 1 is 0.370 bits per heavy atom. The molecule has 0 unspecified atom stereocenters. The fraction of sp³-hybridized carbons (Fsp3) is 0. The number of fused-ring (bicyclic) bond motifs is 6. The molecule has 0 aliphatic rings. The lowest BCUT2D eigenvalue weighted by Crippen LogP contribution is -1.91. The van der Waals surface area contributed by atoms with Crippen LogP contribution in [0.4, 0.5) is 0 Å². The van der Waals surface area contributed by atoms with E-state index in [-0.39, 0.29) is 0 Å². The molecule has 2 aromatic heterocycles. The summed E-state index contributed by atoms with van der Waals surface area (Å²) in [6.45, 7) is 0. The molecule has 46 heavy (non-hydrogen) atoms. The lowest BCUT2D eigenvalue weighted by molar-refractivity contribution is 0.668. The first-order chi connectivity index (χ1) is 22.7. The van der Waals surface area contributed by atoms with Crippen molar-refractivity contribution in [2.45, 2.75) is 0 Å². The summed E-state index contributed by atoms with van der Waals surface area (Å²) in [6, 6.07) is 54.4. The molecule has 0 radical (unpaired) electrons. The zero-order chi connectivity index (χ0) is 30.6. The molecule has 3 heteroatoms. The van der Waals surface area contributed by atoms with Crippen molar-refractivity contribution in [3.63, 3.8) is 0 Å². The number of furan rings is 2. The van der Waals surface area contributed by atoms with Crippen LogP contribution in [0.2, 0.25) is 0 Å². The first-order valence-corrected chi connectivity index (χ1v) is 15.3. The molecule has 0 atom stereocenters. The SMILES string of the molecule is N#Cc1cc(-c2ccccc2)cc(-c2cc(-c3ccc4oc5ccccc5c4c3)ccc2-c2cccc3oc4ccccc4c23)c1. The second kappa shape index (κ2) is 10.4. The number of para-hydroxylation sites is 2. The minimum absolute atomic E-state index is 0.617. The van der Waals surface area contributed by atoms with Crippen LogP contribution in [0.15, 0.2) is 160 Å². The van der Waals surface area contributed by atoms with E-state index in [0.29, 0.717) is 5.56 Å². The molecule has 9 rings (SSSR count). The maximum absolute atomic E-state index is 10.1. The highest BCUT2D eigenvalue weighted by atomic mass is 16.3. The number of hydrogen-bond acceptors (Lipinski definition) is 3. The van der Waals surface area contributed by atoms with Gasteiger partial charge in [0, 0.05) is 21.5 Å². The maximum atomic E-state index is 10.1. The Balaban J connectivity index is 1.32. The van der Waals surface area contributed by atoms with Gasteiger partial charge in [0.15, 0.2) is 0 Å². The van der Waals surface area contributed by atoms with Crippen LogP contribution in [0.5, 0.6) is 0 Å². The van der Waals surface area contributed by atoms with Crippen molar-refractivity contribution in [1.82, 2.24) is 0 Å². The van der Waals surface area contributed by atoms with Crippen LogP contribution in [-0.4, -0.2) is 0 Å². The molecule has 0 aliphatic carbocycles. The van der Waals surface area contributed by atoms with Crippen LogP contribution < -0.4 is 0 Å². The monoisotopic (exact) mass is 587 g/mol. The summed E-state index contributed by atoms with van der Waals surface area (Å²) in [7, 11) is 0. The highest BCUT2D eigenvalue weighted by Gasteiger charge is 2.18. The summed E-state index contributed by atoms with van der Waals surface area (Å²) in [5.41, 5.74) is 12.5. The van der Waals surface area contributed by atoms with Crippen LogP contribution in [-0.2, 0) is 0 Å². The predicted octanol–water partition coefficient (Wildman–Crippen LogP) is 12.0. The Morgan fingerprint density at radius 2 is 1.02 bits per heavy atom. The normalized spacial score (nSPS) is 11.5. The zero-order valence-electron chi connectivity index (χ0n) is 24.7. The molecule has 0 amide bonds.